The molecule has 2 aliphatic rings. The first-order valence-electron chi connectivity index (χ1n) is 11.3. The van der Waals surface area contributed by atoms with Crippen LogP contribution in [0.1, 0.15) is 42.2 Å². The first kappa shape index (κ1) is 20.9. The fourth-order valence-electron chi connectivity index (χ4n) is 4.68. The maximum atomic E-state index is 6.18. The van der Waals surface area contributed by atoms with E-state index in [1.807, 2.05) is 30.1 Å². The van der Waals surface area contributed by atoms with Crippen molar-refractivity contribution in [2.24, 2.45) is 0 Å². The molecule has 0 spiro atoms. The number of aromatic nitrogens is 2. The van der Waals surface area contributed by atoms with Crippen LogP contribution in [0.2, 0.25) is 0 Å². The summed E-state index contributed by atoms with van der Waals surface area (Å²) in [6, 6.07) is 16.8. The molecule has 1 N–H and O–H groups in total. The summed E-state index contributed by atoms with van der Waals surface area (Å²) in [5.41, 5.74) is 9.05. The highest BCUT2D eigenvalue weighted by Gasteiger charge is 2.31. The quantitative estimate of drug-likeness (QED) is 0.652. The van der Waals surface area contributed by atoms with Gasteiger partial charge in [0.25, 0.3) is 0 Å². The number of imidazole rings is 1. The molecule has 3 heterocycles. The lowest BCUT2D eigenvalue weighted by Gasteiger charge is -2.35. The molecule has 0 saturated carbocycles. The van der Waals surface area contributed by atoms with Crippen molar-refractivity contribution in [2.75, 3.05) is 20.2 Å². The Morgan fingerprint density at radius 2 is 2.03 bits per heavy atom. The SMILES string of the molecule is COc1cc(/C=C2\CCCN3CC[C@@H](c4ccccc4)ONC23)ccc1-n1cnc(C)c1. The Morgan fingerprint density at radius 1 is 1.16 bits per heavy atom. The number of hydrogen-bond acceptors (Lipinski definition) is 5. The Balaban J connectivity index is 1.38. The molecule has 2 saturated heterocycles. The van der Waals surface area contributed by atoms with E-state index in [2.05, 4.69) is 63.9 Å². The van der Waals surface area contributed by atoms with Crippen LogP contribution in [0.5, 0.6) is 5.75 Å². The topological polar surface area (TPSA) is 51.6 Å². The molecule has 1 unspecified atom stereocenters. The summed E-state index contributed by atoms with van der Waals surface area (Å²) in [7, 11) is 1.71. The molecule has 1 aromatic heterocycles. The van der Waals surface area contributed by atoms with Gasteiger partial charge in [-0.05, 0) is 55.0 Å². The van der Waals surface area contributed by atoms with E-state index >= 15 is 0 Å². The summed E-state index contributed by atoms with van der Waals surface area (Å²) < 4.78 is 7.70. The molecule has 0 amide bonds. The number of rotatable bonds is 4. The van der Waals surface area contributed by atoms with Crippen LogP contribution in [0.4, 0.5) is 0 Å². The Morgan fingerprint density at radius 3 is 2.81 bits per heavy atom. The molecular formula is C26H30N4O2. The highest BCUT2D eigenvalue weighted by Crippen LogP contribution is 2.31. The van der Waals surface area contributed by atoms with Crippen LogP contribution in [0.15, 0.2) is 66.6 Å². The number of ether oxygens (including phenoxy) is 1. The van der Waals surface area contributed by atoms with E-state index in [9.17, 15) is 0 Å². The zero-order valence-corrected chi connectivity index (χ0v) is 18.7. The summed E-state index contributed by atoms with van der Waals surface area (Å²) >= 11 is 0. The average molecular weight is 431 g/mol. The molecule has 6 nitrogen and oxygen atoms in total. The maximum absolute atomic E-state index is 6.18. The van der Waals surface area contributed by atoms with Crippen molar-refractivity contribution >= 4 is 6.08 Å². The highest BCUT2D eigenvalue weighted by molar-refractivity contribution is 5.61. The van der Waals surface area contributed by atoms with Crippen LogP contribution >= 0.6 is 0 Å². The number of aryl methyl sites for hydroxylation is 1. The number of benzene rings is 2. The Hall–Kier alpha value is -2.93. The molecule has 0 bridgehead atoms. The summed E-state index contributed by atoms with van der Waals surface area (Å²) in [6.45, 7) is 4.08. The van der Waals surface area contributed by atoms with Gasteiger partial charge in [-0.3, -0.25) is 9.74 Å². The second kappa shape index (κ2) is 9.28. The molecule has 5 rings (SSSR count). The molecule has 32 heavy (non-hydrogen) atoms. The number of piperidine rings is 1. The maximum Gasteiger partial charge on any atom is 0.143 e. The Labute approximate surface area is 189 Å². The van der Waals surface area contributed by atoms with Crippen molar-refractivity contribution in [2.45, 2.75) is 38.5 Å². The molecule has 3 aromatic rings. The first-order chi connectivity index (χ1) is 15.7. The van der Waals surface area contributed by atoms with Crippen molar-refractivity contribution in [3.63, 3.8) is 0 Å². The third-order valence-corrected chi connectivity index (χ3v) is 6.34. The molecule has 2 aromatic carbocycles. The number of methoxy groups -OCH3 is 1. The van der Waals surface area contributed by atoms with Crippen LogP contribution in [-0.4, -0.2) is 40.8 Å². The van der Waals surface area contributed by atoms with Gasteiger partial charge in [0.15, 0.2) is 0 Å². The van der Waals surface area contributed by atoms with Crippen molar-refractivity contribution in [1.29, 1.82) is 0 Å². The molecule has 2 atom stereocenters. The van der Waals surface area contributed by atoms with E-state index in [1.54, 1.807) is 7.11 Å². The summed E-state index contributed by atoms with van der Waals surface area (Å²) in [5, 5.41) is 0. The normalized spacial score (nSPS) is 23.0. The van der Waals surface area contributed by atoms with E-state index in [0.29, 0.717) is 0 Å². The van der Waals surface area contributed by atoms with Crippen LogP contribution in [0.3, 0.4) is 0 Å². The van der Waals surface area contributed by atoms with Crippen LogP contribution < -0.4 is 10.2 Å². The highest BCUT2D eigenvalue weighted by atomic mass is 16.7. The van der Waals surface area contributed by atoms with Crippen LogP contribution in [0.25, 0.3) is 11.8 Å². The predicted octanol–water partition coefficient (Wildman–Crippen LogP) is 4.66. The monoisotopic (exact) mass is 430 g/mol. The van der Waals surface area contributed by atoms with Crippen LogP contribution in [-0.2, 0) is 4.84 Å². The lowest BCUT2D eigenvalue weighted by Crippen LogP contribution is -2.48. The number of nitrogens with one attached hydrogen (secondary N) is 1. The van der Waals surface area contributed by atoms with Gasteiger partial charge in [0.1, 0.15) is 18.0 Å². The van der Waals surface area contributed by atoms with Gasteiger partial charge in [0, 0.05) is 19.3 Å². The number of fused-ring (bicyclic) bond motifs is 1. The van der Waals surface area contributed by atoms with Gasteiger partial charge in [-0.15, -0.1) is 0 Å². The molecular weight excluding hydrogens is 400 g/mol. The van der Waals surface area contributed by atoms with Gasteiger partial charge in [-0.2, -0.15) is 5.48 Å². The van der Waals surface area contributed by atoms with Gasteiger partial charge in [-0.1, -0.05) is 42.5 Å². The van der Waals surface area contributed by atoms with Gasteiger partial charge in [-0.25, -0.2) is 4.98 Å². The smallest absolute Gasteiger partial charge is 0.143 e. The lowest BCUT2D eigenvalue weighted by molar-refractivity contribution is -0.0471. The minimum absolute atomic E-state index is 0.0704. The third-order valence-electron chi connectivity index (χ3n) is 6.34. The molecule has 2 aliphatic heterocycles. The number of hydroxylamine groups is 1. The van der Waals surface area contributed by atoms with Crippen molar-refractivity contribution in [1.82, 2.24) is 19.9 Å². The van der Waals surface area contributed by atoms with Gasteiger partial charge < -0.3 is 9.30 Å². The van der Waals surface area contributed by atoms with Crippen molar-refractivity contribution in [3.8, 4) is 11.4 Å². The minimum Gasteiger partial charge on any atom is -0.495 e. The number of hydrogen-bond donors (Lipinski definition) is 1. The minimum atomic E-state index is 0.0704. The van der Waals surface area contributed by atoms with Crippen LogP contribution in [0, 0.1) is 6.92 Å². The fraction of sp³-hybridized carbons (Fsp3) is 0.346. The predicted molar refractivity (Wildman–Crippen MR) is 125 cm³/mol. The Kier molecular flexibility index (Phi) is 6.08. The molecule has 0 radical (unpaired) electrons. The Bertz CT molecular complexity index is 1090. The number of nitrogens with zero attached hydrogens (tertiary/aromatic N) is 3. The fourth-order valence-corrected chi connectivity index (χ4v) is 4.68. The second-order valence-electron chi connectivity index (χ2n) is 8.54. The largest absolute Gasteiger partial charge is 0.495 e. The average Bonchev–Trinajstić information content (AvgIpc) is 3.13. The van der Waals surface area contributed by atoms with Crippen molar-refractivity contribution < 1.29 is 9.57 Å². The molecule has 6 heteroatoms. The second-order valence-corrected chi connectivity index (χ2v) is 8.54. The zero-order valence-electron chi connectivity index (χ0n) is 18.7. The van der Waals surface area contributed by atoms with E-state index in [1.165, 1.54) is 11.1 Å². The van der Waals surface area contributed by atoms with Gasteiger partial charge in [0.05, 0.1) is 24.8 Å². The van der Waals surface area contributed by atoms with Crippen molar-refractivity contribution in [3.05, 3.63) is 83.4 Å². The molecule has 166 valence electrons. The summed E-state index contributed by atoms with van der Waals surface area (Å²) in [6.07, 6.45) is 9.46. The van der Waals surface area contributed by atoms with E-state index in [0.717, 1.165) is 55.0 Å². The standard InChI is InChI=1S/C26H30N4O2/c1-19-17-30(18-27-19)23-11-10-20(16-25(23)31-2)15-22-9-6-13-29-14-12-24(32-28-26(22)29)21-7-4-3-5-8-21/h3-5,7-8,10-11,15-18,24,26,28H,6,9,12-14H2,1-2H3/b22-15+/t24-,26?/m0/s1. The zero-order chi connectivity index (χ0) is 21.9. The summed E-state index contributed by atoms with van der Waals surface area (Å²) in [4.78, 5) is 13.0. The van der Waals surface area contributed by atoms with E-state index in [-0.39, 0.29) is 12.3 Å². The third kappa shape index (κ3) is 4.35. The lowest BCUT2D eigenvalue weighted by atomic mass is 9.98. The first-order valence-corrected chi connectivity index (χ1v) is 11.3. The molecule has 0 aliphatic carbocycles. The molecule has 2 fully saturated rings. The summed E-state index contributed by atoms with van der Waals surface area (Å²) in [5.74, 6) is 0.832. The van der Waals surface area contributed by atoms with E-state index in [4.69, 9.17) is 9.57 Å². The van der Waals surface area contributed by atoms with Gasteiger partial charge in [0.2, 0.25) is 0 Å². The van der Waals surface area contributed by atoms with Gasteiger partial charge >= 0.3 is 0 Å². The van der Waals surface area contributed by atoms with E-state index < -0.39 is 0 Å².